The lowest BCUT2D eigenvalue weighted by Gasteiger charge is -2.26. The van der Waals surface area contributed by atoms with Crippen molar-refractivity contribution in [1.82, 2.24) is 15.0 Å². The quantitative estimate of drug-likeness (QED) is 0.105. The van der Waals surface area contributed by atoms with Gasteiger partial charge in [0.25, 0.3) is 5.56 Å². The summed E-state index contributed by atoms with van der Waals surface area (Å²) in [6.07, 6.45) is -4.21. The van der Waals surface area contributed by atoms with Crippen molar-refractivity contribution in [3.63, 3.8) is 0 Å². The van der Waals surface area contributed by atoms with Crippen LogP contribution in [0.4, 0.5) is 13.2 Å². The van der Waals surface area contributed by atoms with Crippen LogP contribution in [0.2, 0.25) is 25.7 Å². The number of alkyl halides is 3. The van der Waals surface area contributed by atoms with Gasteiger partial charge in [0.1, 0.15) is 28.7 Å². The Bertz CT molecular complexity index is 2020. The molecule has 0 bridgehead atoms. The zero-order valence-electron chi connectivity index (χ0n) is 28.2. The van der Waals surface area contributed by atoms with Crippen LogP contribution in [-0.2, 0) is 28.7 Å². The van der Waals surface area contributed by atoms with Gasteiger partial charge in [-0.1, -0.05) is 55.2 Å². The van der Waals surface area contributed by atoms with Crippen LogP contribution in [0.25, 0.3) is 21.9 Å². The highest BCUT2D eigenvalue weighted by molar-refractivity contribution is 6.76. The van der Waals surface area contributed by atoms with Crippen molar-refractivity contribution < 1.29 is 37.0 Å². The number of carbonyl (C=O) groups excluding carboxylic acids is 1. The van der Waals surface area contributed by atoms with E-state index in [9.17, 15) is 27.9 Å². The van der Waals surface area contributed by atoms with Crippen molar-refractivity contribution in [3.05, 3.63) is 100 Å². The Kier molecular flexibility index (Phi) is 10.2. The summed E-state index contributed by atoms with van der Waals surface area (Å²) in [6.45, 7) is 7.14. The zero-order chi connectivity index (χ0) is 35.6. The van der Waals surface area contributed by atoms with Gasteiger partial charge in [-0.25, -0.2) is 4.68 Å². The summed E-state index contributed by atoms with van der Waals surface area (Å²) in [6, 6.07) is 20.7. The molecule has 1 N–H and O–H groups in total. The third-order valence-electron chi connectivity index (χ3n) is 9.37. The molecule has 5 aromatic rings. The minimum Gasteiger partial charge on any atom is -0.493 e. The normalized spacial score (nSPS) is 18.8. The molecule has 1 aliphatic carbocycles. The first-order valence-electron chi connectivity index (χ1n) is 16.8. The van der Waals surface area contributed by atoms with Crippen LogP contribution in [0.3, 0.4) is 0 Å². The van der Waals surface area contributed by atoms with E-state index >= 15 is 0 Å². The fourth-order valence-corrected chi connectivity index (χ4v) is 7.32. The van der Waals surface area contributed by atoms with E-state index in [4.69, 9.17) is 13.9 Å². The molecule has 6 rings (SSSR count). The van der Waals surface area contributed by atoms with Crippen LogP contribution in [0.1, 0.15) is 35.8 Å². The van der Waals surface area contributed by atoms with Crippen LogP contribution in [-0.4, -0.2) is 47.4 Å². The third-order valence-corrected chi connectivity index (χ3v) is 11.1. The number of aliphatic hydroxyl groups is 1. The molecule has 0 spiro atoms. The SMILES string of the molecule is C[Si](C)(C)CCOC(=O)[C@H]1[C@H](Cn2nnc3ccc(C(F)(F)F)cc3c2=O)CC[C@@H]1C(O)c1cc2cc(OCCc3ccccc3)ccc2o1. The van der Waals surface area contributed by atoms with E-state index in [1.807, 2.05) is 36.4 Å². The molecule has 2 heterocycles. The van der Waals surface area contributed by atoms with E-state index in [1.54, 1.807) is 18.2 Å². The average molecular weight is 708 g/mol. The topological polar surface area (TPSA) is 117 Å². The largest absolute Gasteiger partial charge is 0.493 e. The molecule has 0 aliphatic heterocycles. The number of hydrogen-bond donors (Lipinski definition) is 1. The maximum absolute atomic E-state index is 13.7. The molecule has 1 saturated carbocycles. The molecule has 0 saturated heterocycles. The van der Waals surface area contributed by atoms with Crippen LogP contribution in [0, 0.1) is 17.8 Å². The maximum atomic E-state index is 13.7. The summed E-state index contributed by atoms with van der Waals surface area (Å²) in [4.78, 5) is 27.1. The predicted octanol–water partition coefficient (Wildman–Crippen LogP) is 7.44. The number of fused-ring (bicyclic) bond motifs is 2. The molecule has 13 heteroatoms. The number of carbonyl (C=O) groups is 1. The molecular formula is C37H40F3N3O6Si. The van der Waals surface area contributed by atoms with E-state index in [1.165, 1.54) is 5.56 Å². The Balaban J connectivity index is 1.23. The van der Waals surface area contributed by atoms with Crippen LogP contribution in [0.15, 0.2) is 82.0 Å². The van der Waals surface area contributed by atoms with Crippen LogP contribution < -0.4 is 10.3 Å². The number of halogens is 3. The van der Waals surface area contributed by atoms with Gasteiger partial charge in [0.2, 0.25) is 0 Å². The molecule has 50 heavy (non-hydrogen) atoms. The van der Waals surface area contributed by atoms with Crippen molar-refractivity contribution in [2.75, 3.05) is 13.2 Å². The zero-order valence-corrected chi connectivity index (χ0v) is 29.2. The number of hydrogen-bond acceptors (Lipinski definition) is 8. The molecule has 0 radical (unpaired) electrons. The molecule has 2 aromatic heterocycles. The van der Waals surface area contributed by atoms with Crippen molar-refractivity contribution in [2.24, 2.45) is 17.8 Å². The minimum atomic E-state index is -4.64. The van der Waals surface area contributed by atoms with Gasteiger partial charge in [0.05, 0.1) is 36.6 Å². The monoisotopic (exact) mass is 707 g/mol. The molecular weight excluding hydrogens is 668 g/mol. The van der Waals surface area contributed by atoms with Gasteiger partial charge in [-0.2, -0.15) is 13.2 Å². The number of benzene rings is 3. The van der Waals surface area contributed by atoms with Crippen molar-refractivity contribution >= 4 is 35.9 Å². The lowest BCUT2D eigenvalue weighted by Crippen LogP contribution is -2.35. The van der Waals surface area contributed by atoms with Gasteiger partial charge in [0.15, 0.2) is 0 Å². The molecule has 1 aliphatic rings. The van der Waals surface area contributed by atoms with Crippen molar-refractivity contribution in [2.45, 2.75) is 63.8 Å². The minimum absolute atomic E-state index is 0.0379. The van der Waals surface area contributed by atoms with Crippen molar-refractivity contribution in [3.8, 4) is 5.75 Å². The van der Waals surface area contributed by atoms with Crippen LogP contribution >= 0.6 is 0 Å². The van der Waals surface area contributed by atoms with E-state index in [-0.39, 0.29) is 29.8 Å². The van der Waals surface area contributed by atoms with Gasteiger partial charge in [0, 0.05) is 25.8 Å². The summed E-state index contributed by atoms with van der Waals surface area (Å²) in [5.41, 5.74) is 0.0468. The molecule has 9 nitrogen and oxygen atoms in total. The van der Waals surface area contributed by atoms with E-state index < -0.39 is 55.2 Å². The number of aliphatic hydroxyl groups excluding tert-OH is 1. The molecule has 264 valence electrons. The smallest absolute Gasteiger partial charge is 0.416 e. The average Bonchev–Trinajstić information content (AvgIpc) is 3.69. The third kappa shape index (κ3) is 8.10. The summed E-state index contributed by atoms with van der Waals surface area (Å²) in [5, 5.41) is 20.2. The molecule has 3 aromatic carbocycles. The fraction of sp³-hybridized carbons (Fsp3) is 0.405. The Morgan fingerprint density at radius 3 is 2.56 bits per heavy atom. The van der Waals surface area contributed by atoms with Crippen molar-refractivity contribution in [1.29, 1.82) is 0 Å². The standard InChI is InChI=1S/C37H40F3N3O6Si/c1-50(2,3)18-17-48-36(46)33-24(22-43-35(45)29-21-26(37(38,39)40)10-13-30(29)41-42-43)9-12-28(33)34(44)32-20-25-19-27(11-14-31(25)49-32)47-16-15-23-7-5-4-6-8-23/h4-8,10-11,13-14,19-21,24,28,33-34,44H,9,12,15-18,22H2,1-3H3/t24-,28-,33-,34?/m0/s1. The molecule has 1 fully saturated rings. The Labute approximate surface area is 288 Å². The Morgan fingerprint density at radius 1 is 1.04 bits per heavy atom. The fourth-order valence-electron chi connectivity index (χ4n) is 6.61. The first-order chi connectivity index (χ1) is 23.8. The lowest BCUT2D eigenvalue weighted by molar-refractivity contribution is -0.153. The predicted molar refractivity (Wildman–Crippen MR) is 184 cm³/mol. The molecule has 4 atom stereocenters. The Morgan fingerprint density at radius 2 is 1.82 bits per heavy atom. The molecule has 0 amide bonds. The maximum Gasteiger partial charge on any atom is 0.416 e. The number of furan rings is 1. The first-order valence-corrected chi connectivity index (χ1v) is 20.5. The number of nitrogens with zero attached hydrogens (tertiary/aromatic N) is 3. The van der Waals surface area contributed by atoms with E-state index in [0.29, 0.717) is 30.8 Å². The van der Waals surface area contributed by atoms with E-state index in [2.05, 4.69) is 30.0 Å². The highest BCUT2D eigenvalue weighted by Crippen LogP contribution is 2.46. The lowest BCUT2D eigenvalue weighted by atomic mass is 9.85. The summed E-state index contributed by atoms with van der Waals surface area (Å²) in [5.74, 6) is -1.50. The highest BCUT2D eigenvalue weighted by atomic mass is 28.3. The number of esters is 1. The Hall–Kier alpha value is -4.49. The summed E-state index contributed by atoms with van der Waals surface area (Å²) < 4.78 is 59.1. The van der Waals surface area contributed by atoms with Gasteiger partial charge in [-0.3, -0.25) is 9.59 Å². The number of ether oxygens (including phenoxy) is 2. The first kappa shape index (κ1) is 35.3. The second-order valence-corrected chi connectivity index (χ2v) is 19.8. The van der Waals surface area contributed by atoms with Gasteiger partial charge in [-0.15, -0.1) is 5.10 Å². The second kappa shape index (κ2) is 14.4. The molecule has 1 unspecified atom stereocenters. The van der Waals surface area contributed by atoms with Gasteiger partial charge < -0.3 is 19.0 Å². The highest BCUT2D eigenvalue weighted by Gasteiger charge is 2.47. The summed E-state index contributed by atoms with van der Waals surface area (Å²) in [7, 11) is -1.53. The number of aromatic nitrogens is 3. The number of rotatable bonds is 12. The van der Waals surface area contributed by atoms with Crippen LogP contribution in [0.5, 0.6) is 5.75 Å². The second-order valence-electron chi connectivity index (χ2n) is 14.2. The van der Waals surface area contributed by atoms with E-state index in [0.717, 1.165) is 40.7 Å². The summed E-state index contributed by atoms with van der Waals surface area (Å²) >= 11 is 0. The van der Waals surface area contributed by atoms with Gasteiger partial charge in [-0.05, 0) is 72.8 Å². The van der Waals surface area contributed by atoms with Gasteiger partial charge >= 0.3 is 12.1 Å².